The molecule has 0 radical (unpaired) electrons. The summed E-state index contributed by atoms with van der Waals surface area (Å²) in [5.41, 5.74) is 4.77. The van der Waals surface area contributed by atoms with Crippen molar-refractivity contribution in [3.63, 3.8) is 0 Å². The Labute approximate surface area is 91.9 Å². The van der Waals surface area contributed by atoms with Crippen LogP contribution in [-0.4, -0.2) is 31.8 Å². The number of aliphatic hydroxyl groups excluding tert-OH is 1. The molecular formula is C9H14N4O3. The summed E-state index contributed by atoms with van der Waals surface area (Å²) in [6, 6.07) is 0. The van der Waals surface area contributed by atoms with Gasteiger partial charge in [-0.2, -0.15) is 4.98 Å². The molecular weight excluding hydrogens is 212 g/mol. The number of aromatic nitrogens is 3. The van der Waals surface area contributed by atoms with E-state index in [1.54, 1.807) is 0 Å². The lowest BCUT2D eigenvalue weighted by atomic mass is 10.1. The third-order valence-electron chi connectivity index (χ3n) is 2.66. The molecule has 1 saturated heterocycles. The van der Waals surface area contributed by atoms with E-state index in [4.69, 9.17) is 10.5 Å². The largest absolute Gasteiger partial charge is 0.390 e. The molecule has 7 heteroatoms. The number of nitrogens with two attached hydrogens (primary N) is 1. The summed E-state index contributed by atoms with van der Waals surface area (Å²) in [5, 5.41) is 9.66. The molecule has 0 aliphatic carbocycles. The predicted octanol–water partition coefficient (Wildman–Crippen LogP) is -0.721. The highest BCUT2D eigenvalue weighted by Gasteiger charge is 2.34. The zero-order valence-corrected chi connectivity index (χ0v) is 8.91. The van der Waals surface area contributed by atoms with E-state index in [9.17, 15) is 9.90 Å². The summed E-state index contributed by atoms with van der Waals surface area (Å²) in [5.74, 6) is -0.0631. The van der Waals surface area contributed by atoms with Gasteiger partial charge in [-0.3, -0.25) is 4.57 Å². The first-order chi connectivity index (χ1) is 7.61. The minimum Gasteiger partial charge on any atom is -0.390 e. The predicted molar refractivity (Wildman–Crippen MR) is 55.5 cm³/mol. The Morgan fingerprint density at radius 2 is 2.50 bits per heavy atom. The van der Waals surface area contributed by atoms with Gasteiger partial charge in [0.2, 0.25) is 5.95 Å². The van der Waals surface area contributed by atoms with Gasteiger partial charge >= 0.3 is 5.69 Å². The molecule has 2 heterocycles. The fraction of sp³-hybridized carbons (Fsp3) is 0.667. The first kappa shape index (κ1) is 11.0. The van der Waals surface area contributed by atoms with Gasteiger partial charge in [0.15, 0.2) is 0 Å². The van der Waals surface area contributed by atoms with Gasteiger partial charge in [0.05, 0.1) is 12.2 Å². The highest BCUT2D eigenvalue weighted by molar-refractivity contribution is 5.09. The lowest BCUT2D eigenvalue weighted by Crippen LogP contribution is -2.28. The molecule has 1 aliphatic heterocycles. The molecule has 0 bridgehead atoms. The number of hydrogen-bond donors (Lipinski definition) is 2. The van der Waals surface area contributed by atoms with Crippen molar-refractivity contribution in [2.24, 2.45) is 0 Å². The fourth-order valence-electron chi connectivity index (χ4n) is 1.81. The number of ether oxygens (including phenoxy) is 1. The van der Waals surface area contributed by atoms with Crippen molar-refractivity contribution in [1.82, 2.24) is 14.5 Å². The van der Waals surface area contributed by atoms with Crippen molar-refractivity contribution < 1.29 is 9.84 Å². The van der Waals surface area contributed by atoms with E-state index in [2.05, 4.69) is 9.97 Å². The fourth-order valence-corrected chi connectivity index (χ4v) is 1.81. The summed E-state index contributed by atoms with van der Waals surface area (Å²) in [4.78, 5) is 18.7. The zero-order chi connectivity index (χ0) is 11.7. The van der Waals surface area contributed by atoms with Crippen molar-refractivity contribution in [1.29, 1.82) is 0 Å². The third kappa shape index (κ3) is 1.91. The highest BCUT2D eigenvalue weighted by atomic mass is 16.5. The van der Waals surface area contributed by atoms with E-state index >= 15 is 0 Å². The molecule has 0 unspecified atom stereocenters. The summed E-state index contributed by atoms with van der Waals surface area (Å²) < 4.78 is 6.77. The van der Waals surface area contributed by atoms with Gasteiger partial charge in [-0.1, -0.05) is 6.92 Å². The topological polar surface area (TPSA) is 103 Å². The van der Waals surface area contributed by atoms with E-state index in [-0.39, 0.29) is 12.1 Å². The van der Waals surface area contributed by atoms with Gasteiger partial charge in [0.1, 0.15) is 12.6 Å². The SMILES string of the molecule is CC[C@H]1O[C@@H](n2cnc(N)nc2=O)C[C@H]1O. The molecule has 0 spiro atoms. The van der Waals surface area contributed by atoms with Crippen LogP contribution in [0.4, 0.5) is 5.95 Å². The van der Waals surface area contributed by atoms with Gasteiger partial charge in [-0.15, -0.1) is 0 Å². The normalized spacial score (nSPS) is 29.5. The van der Waals surface area contributed by atoms with E-state index in [0.29, 0.717) is 12.8 Å². The average molecular weight is 226 g/mol. The molecule has 3 N–H and O–H groups in total. The van der Waals surface area contributed by atoms with Crippen LogP contribution in [0.5, 0.6) is 0 Å². The molecule has 1 fully saturated rings. The Kier molecular flexibility index (Phi) is 2.88. The van der Waals surface area contributed by atoms with E-state index < -0.39 is 18.0 Å². The van der Waals surface area contributed by atoms with Crippen molar-refractivity contribution in [3.8, 4) is 0 Å². The molecule has 0 aromatic carbocycles. The Bertz CT molecular complexity index is 433. The van der Waals surface area contributed by atoms with Gasteiger partial charge in [0.25, 0.3) is 0 Å². The van der Waals surface area contributed by atoms with E-state index in [1.807, 2.05) is 6.92 Å². The quantitative estimate of drug-likeness (QED) is 0.689. The second kappa shape index (κ2) is 4.18. The number of hydrogen-bond acceptors (Lipinski definition) is 6. The van der Waals surface area contributed by atoms with Gasteiger partial charge < -0.3 is 15.6 Å². The molecule has 3 atom stereocenters. The first-order valence-electron chi connectivity index (χ1n) is 5.16. The minimum atomic E-state index is -0.556. The maximum absolute atomic E-state index is 11.5. The third-order valence-corrected chi connectivity index (χ3v) is 2.66. The monoisotopic (exact) mass is 226 g/mol. The second-order valence-corrected chi connectivity index (χ2v) is 3.74. The maximum atomic E-state index is 11.5. The molecule has 16 heavy (non-hydrogen) atoms. The van der Waals surface area contributed by atoms with Gasteiger partial charge in [0, 0.05) is 6.42 Å². The molecule has 1 aromatic rings. The summed E-state index contributed by atoms with van der Waals surface area (Å²) in [6.07, 6.45) is 1.05. The number of nitrogens with zero attached hydrogens (tertiary/aromatic N) is 3. The van der Waals surface area contributed by atoms with Crippen molar-refractivity contribution in [2.45, 2.75) is 38.2 Å². The Balaban J connectivity index is 2.23. The van der Waals surface area contributed by atoms with Crippen LogP contribution in [0, 0.1) is 0 Å². The van der Waals surface area contributed by atoms with Crippen LogP contribution < -0.4 is 11.4 Å². The number of aliphatic hydroxyl groups is 1. The first-order valence-corrected chi connectivity index (χ1v) is 5.16. The van der Waals surface area contributed by atoms with Crippen molar-refractivity contribution in [2.75, 3.05) is 5.73 Å². The number of rotatable bonds is 2. The lowest BCUT2D eigenvalue weighted by Gasteiger charge is -2.13. The highest BCUT2D eigenvalue weighted by Crippen LogP contribution is 2.28. The Morgan fingerprint density at radius 1 is 1.75 bits per heavy atom. The van der Waals surface area contributed by atoms with E-state index in [0.717, 1.165) is 0 Å². The van der Waals surface area contributed by atoms with Crippen LogP contribution in [0.15, 0.2) is 11.1 Å². The summed E-state index contributed by atoms with van der Waals surface area (Å²) >= 11 is 0. The smallest absolute Gasteiger partial charge is 0.354 e. The molecule has 88 valence electrons. The van der Waals surface area contributed by atoms with Crippen molar-refractivity contribution >= 4 is 5.95 Å². The van der Waals surface area contributed by atoms with Crippen LogP contribution in [0.1, 0.15) is 26.0 Å². The Morgan fingerprint density at radius 3 is 3.06 bits per heavy atom. The van der Waals surface area contributed by atoms with Crippen LogP contribution in [0.2, 0.25) is 0 Å². The molecule has 1 aromatic heterocycles. The van der Waals surface area contributed by atoms with Crippen LogP contribution in [0.3, 0.4) is 0 Å². The summed E-state index contributed by atoms with van der Waals surface area (Å²) in [7, 11) is 0. The van der Waals surface area contributed by atoms with Crippen LogP contribution >= 0.6 is 0 Å². The second-order valence-electron chi connectivity index (χ2n) is 3.74. The lowest BCUT2D eigenvalue weighted by molar-refractivity contribution is -0.0221. The Hall–Kier alpha value is -1.47. The molecule has 0 saturated carbocycles. The number of nitrogen functional groups attached to an aromatic ring is 1. The van der Waals surface area contributed by atoms with Crippen molar-refractivity contribution in [3.05, 3.63) is 16.8 Å². The summed E-state index contributed by atoms with van der Waals surface area (Å²) in [6.45, 7) is 1.92. The van der Waals surface area contributed by atoms with Crippen LogP contribution in [0.25, 0.3) is 0 Å². The zero-order valence-electron chi connectivity index (χ0n) is 8.91. The minimum absolute atomic E-state index is 0.0631. The maximum Gasteiger partial charge on any atom is 0.354 e. The average Bonchev–Trinajstić information content (AvgIpc) is 2.59. The number of anilines is 1. The molecule has 2 rings (SSSR count). The molecule has 7 nitrogen and oxygen atoms in total. The molecule has 0 amide bonds. The van der Waals surface area contributed by atoms with Crippen LogP contribution in [-0.2, 0) is 4.74 Å². The standard InChI is InChI=1S/C9H14N4O3/c1-2-6-5(14)3-7(16-6)13-4-11-8(10)12-9(13)15/h4-7,14H,2-3H2,1H3,(H2,10,12,15)/t5-,6-,7-/m1/s1. The molecule has 1 aliphatic rings. The van der Waals surface area contributed by atoms with Gasteiger partial charge in [-0.05, 0) is 6.42 Å². The van der Waals surface area contributed by atoms with Gasteiger partial charge in [-0.25, -0.2) is 9.78 Å². The van der Waals surface area contributed by atoms with E-state index in [1.165, 1.54) is 10.9 Å².